The molecular weight excluding hydrogens is 409 g/mol. The molecule has 1 aliphatic heterocycles. The fraction of sp³-hybridized carbons (Fsp3) is 0.227. The van der Waals surface area contributed by atoms with Crippen LogP contribution in [0.1, 0.15) is 36.0 Å². The predicted octanol–water partition coefficient (Wildman–Crippen LogP) is 3.93. The van der Waals surface area contributed by atoms with Crippen LogP contribution in [0.5, 0.6) is 0 Å². The first-order valence-corrected chi connectivity index (χ1v) is 10.0. The SMILES string of the molecule is O=C(NC1CCCC1)c1cccc(NC2=C(Cl)C(=O)N(c3ccc(F)cc3)C2=O)c1. The van der Waals surface area contributed by atoms with Gasteiger partial charge in [-0.3, -0.25) is 14.4 Å². The molecule has 1 saturated carbocycles. The highest BCUT2D eigenvalue weighted by molar-refractivity contribution is 6.53. The number of carbonyl (C=O) groups is 3. The van der Waals surface area contributed by atoms with Crippen LogP contribution in [-0.2, 0) is 9.59 Å². The van der Waals surface area contributed by atoms with Crippen LogP contribution in [0.4, 0.5) is 15.8 Å². The van der Waals surface area contributed by atoms with E-state index in [-0.39, 0.29) is 28.4 Å². The smallest absolute Gasteiger partial charge is 0.283 e. The molecule has 1 aliphatic carbocycles. The summed E-state index contributed by atoms with van der Waals surface area (Å²) in [5, 5.41) is 5.59. The van der Waals surface area contributed by atoms with Gasteiger partial charge in [-0.15, -0.1) is 0 Å². The number of imide groups is 1. The van der Waals surface area contributed by atoms with E-state index in [1.165, 1.54) is 12.1 Å². The summed E-state index contributed by atoms with van der Waals surface area (Å²) in [6.07, 6.45) is 4.17. The second-order valence-corrected chi connectivity index (χ2v) is 7.65. The first-order valence-electron chi connectivity index (χ1n) is 9.66. The highest BCUT2D eigenvalue weighted by Gasteiger charge is 2.39. The molecule has 154 valence electrons. The summed E-state index contributed by atoms with van der Waals surface area (Å²) in [5.41, 5.74) is 1.01. The Hall–Kier alpha value is -3.19. The maximum Gasteiger partial charge on any atom is 0.283 e. The van der Waals surface area contributed by atoms with Crippen molar-refractivity contribution in [2.75, 3.05) is 10.2 Å². The highest BCUT2D eigenvalue weighted by atomic mass is 35.5. The van der Waals surface area contributed by atoms with Gasteiger partial charge in [0.2, 0.25) is 0 Å². The van der Waals surface area contributed by atoms with Crippen LogP contribution in [0, 0.1) is 5.82 Å². The predicted molar refractivity (Wildman–Crippen MR) is 112 cm³/mol. The molecular formula is C22H19ClFN3O3. The fourth-order valence-corrected chi connectivity index (χ4v) is 3.87. The Kier molecular flexibility index (Phi) is 5.55. The number of nitrogens with one attached hydrogen (secondary N) is 2. The average Bonchev–Trinajstić information content (AvgIpc) is 3.32. The molecule has 2 aliphatic rings. The first-order chi connectivity index (χ1) is 14.4. The van der Waals surface area contributed by atoms with E-state index in [1.807, 2.05) is 0 Å². The van der Waals surface area contributed by atoms with Crippen molar-refractivity contribution >= 4 is 40.7 Å². The number of halogens is 2. The van der Waals surface area contributed by atoms with Crippen molar-refractivity contribution in [3.63, 3.8) is 0 Å². The van der Waals surface area contributed by atoms with Crippen molar-refractivity contribution < 1.29 is 18.8 Å². The number of rotatable bonds is 5. The topological polar surface area (TPSA) is 78.5 Å². The molecule has 0 aromatic heterocycles. The number of nitrogens with zero attached hydrogens (tertiary/aromatic N) is 1. The number of hydrogen-bond donors (Lipinski definition) is 2. The lowest BCUT2D eigenvalue weighted by molar-refractivity contribution is -0.120. The molecule has 0 bridgehead atoms. The zero-order chi connectivity index (χ0) is 21.3. The van der Waals surface area contributed by atoms with Crippen molar-refractivity contribution in [2.45, 2.75) is 31.7 Å². The molecule has 2 aromatic rings. The van der Waals surface area contributed by atoms with Gasteiger partial charge in [-0.2, -0.15) is 0 Å². The fourth-order valence-electron chi connectivity index (χ4n) is 3.66. The third kappa shape index (κ3) is 3.93. The maximum absolute atomic E-state index is 13.2. The van der Waals surface area contributed by atoms with Crippen LogP contribution >= 0.6 is 11.6 Å². The zero-order valence-electron chi connectivity index (χ0n) is 16.0. The van der Waals surface area contributed by atoms with Gasteiger partial charge in [0.05, 0.1) is 5.69 Å². The Labute approximate surface area is 177 Å². The number of amides is 3. The average molecular weight is 428 g/mol. The summed E-state index contributed by atoms with van der Waals surface area (Å²) in [4.78, 5) is 38.7. The molecule has 0 saturated heterocycles. The maximum atomic E-state index is 13.2. The minimum absolute atomic E-state index is 0.0978. The van der Waals surface area contributed by atoms with Crippen molar-refractivity contribution in [1.82, 2.24) is 5.32 Å². The Morgan fingerprint density at radius 3 is 2.43 bits per heavy atom. The first kappa shape index (κ1) is 20.1. The monoisotopic (exact) mass is 427 g/mol. The van der Waals surface area contributed by atoms with Gasteiger partial charge in [-0.1, -0.05) is 30.5 Å². The lowest BCUT2D eigenvalue weighted by Gasteiger charge is -2.15. The Bertz CT molecular complexity index is 1050. The van der Waals surface area contributed by atoms with E-state index in [0.717, 1.165) is 42.7 Å². The molecule has 0 radical (unpaired) electrons. The van der Waals surface area contributed by atoms with Crippen LogP contribution in [0.2, 0.25) is 0 Å². The normalized spacial score (nSPS) is 17.1. The van der Waals surface area contributed by atoms with Crippen LogP contribution in [0.25, 0.3) is 0 Å². The van der Waals surface area contributed by atoms with Crippen molar-refractivity contribution in [3.8, 4) is 0 Å². The number of anilines is 2. The quantitative estimate of drug-likeness (QED) is 0.708. The standard InChI is InChI=1S/C22H19ClFN3O3/c23-18-19(22(30)27(21(18)29)17-10-8-14(24)9-11-17)25-16-7-3-4-13(12-16)20(28)26-15-5-1-2-6-15/h3-4,7-12,15,25H,1-2,5-6H2,(H,26,28). The lowest BCUT2D eigenvalue weighted by atomic mass is 10.1. The number of hydrogen-bond acceptors (Lipinski definition) is 4. The van der Waals surface area contributed by atoms with Gasteiger partial charge >= 0.3 is 0 Å². The van der Waals surface area contributed by atoms with E-state index in [4.69, 9.17) is 11.6 Å². The van der Waals surface area contributed by atoms with E-state index >= 15 is 0 Å². The van der Waals surface area contributed by atoms with E-state index in [0.29, 0.717) is 11.3 Å². The highest BCUT2D eigenvalue weighted by Crippen LogP contribution is 2.30. The Morgan fingerprint density at radius 1 is 1.03 bits per heavy atom. The van der Waals surface area contributed by atoms with E-state index in [1.54, 1.807) is 24.3 Å². The van der Waals surface area contributed by atoms with Crippen molar-refractivity contribution in [3.05, 3.63) is 70.6 Å². The van der Waals surface area contributed by atoms with E-state index in [2.05, 4.69) is 10.6 Å². The van der Waals surface area contributed by atoms with Gasteiger partial charge in [0.15, 0.2) is 0 Å². The second-order valence-electron chi connectivity index (χ2n) is 7.27. The summed E-state index contributed by atoms with van der Waals surface area (Å²) in [6, 6.07) is 11.8. The molecule has 8 heteroatoms. The summed E-state index contributed by atoms with van der Waals surface area (Å²) in [7, 11) is 0. The van der Waals surface area contributed by atoms with Crippen LogP contribution in [0.15, 0.2) is 59.3 Å². The minimum atomic E-state index is -0.703. The van der Waals surface area contributed by atoms with Gasteiger partial charge in [-0.25, -0.2) is 9.29 Å². The van der Waals surface area contributed by atoms with Crippen molar-refractivity contribution in [1.29, 1.82) is 0 Å². The molecule has 1 heterocycles. The summed E-state index contributed by atoms with van der Waals surface area (Å²) in [5.74, 6) is -2.03. The van der Waals surface area contributed by atoms with Gasteiger partial charge in [0.25, 0.3) is 17.7 Å². The van der Waals surface area contributed by atoms with Crippen molar-refractivity contribution in [2.24, 2.45) is 0 Å². The van der Waals surface area contributed by atoms with Gasteiger partial charge < -0.3 is 10.6 Å². The number of carbonyl (C=O) groups excluding carboxylic acids is 3. The summed E-state index contributed by atoms with van der Waals surface area (Å²) >= 11 is 6.12. The zero-order valence-corrected chi connectivity index (χ0v) is 16.7. The molecule has 2 N–H and O–H groups in total. The molecule has 0 spiro atoms. The van der Waals surface area contributed by atoms with Crippen LogP contribution in [-0.4, -0.2) is 23.8 Å². The second kappa shape index (κ2) is 8.28. The summed E-state index contributed by atoms with van der Waals surface area (Å²) < 4.78 is 13.2. The van der Waals surface area contributed by atoms with Crippen LogP contribution in [0.3, 0.4) is 0 Å². The molecule has 0 unspecified atom stereocenters. The van der Waals surface area contributed by atoms with Gasteiger partial charge in [0, 0.05) is 17.3 Å². The third-order valence-electron chi connectivity index (χ3n) is 5.20. The van der Waals surface area contributed by atoms with E-state index < -0.39 is 17.6 Å². The van der Waals surface area contributed by atoms with Gasteiger partial charge in [0.1, 0.15) is 16.5 Å². The Balaban J connectivity index is 1.52. The molecule has 4 rings (SSSR count). The van der Waals surface area contributed by atoms with Crippen LogP contribution < -0.4 is 15.5 Å². The molecule has 1 fully saturated rings. The molecule has 3 amide bonds. The minimum Gasteiger partial charge on any atom is -0.350 e. The molecule has 6 nitrogen and oxygen atoms in total. The molecule has 30 heavy (non-hydrogen) atoms. The molecule has 0 atom stereocenters. The lowest BCUT2D eigenvalue weighted by Crippen LogP contribution is -2.32. The molecule has 2 aromatic carbocycles. The Morgan fingerprint density at radius 2 is 1.73 bits per heavy atom. The third-order valence-corrected chi connectivity index (χ3v) is 5.55. The summed E-state index contributed by atoms with van der Waals surface area (Å²) in [6.45, 7) is 0. The number of benzene rings is 2. The van der Waals surface area contributed by atoms with E-state index in [9.17, 15) is 18.8 Å². The largest absolute Gasteiger partial charge is 0.350 e. The van der Waals surface area contributed by atoms with Gasteiger partial charge in [-0.05, 0) is 55.3 Å².